The van der Waals surface area contributed by atoms with Crippen LogP contribution in [-0.4, -0.2) is 48.8 Å². The van der Waals surface area contributed by atoms with Gasteiger partial charge in [0, 0.05) is 30.8 Å². The molecule has 4 unspecified atom stereocenters. The van der Waals surface area contributed by atoms with Gasteiger partial charge in [0.2, 0.25) is 0 Å². The molecule has 1 N–H and O–H groups in total. The van der Waals surface area contributed by atoms with E-state index in [0.717, 1.165) is 30.8 Å². The Balaban J connectivity index is 1.55. The summed E-state index contributed by atoms with van der Waals surface area (Å²) in [6.07, 6.45) is 11.0. The van der Waals surface area contributed by atoms with E-state index in [4.69, 9.17) is 4.74 Å². The molecule has 0 spiro atoms. The molecule has 2 bridgehead atoms. The Hall–Kier alpha value is -0.120. The predicted molar refractivity (Wildman–Crippen MR) is 78.4 cm³/mol. The van der Waals surface area contributed by atoms with Gasteiger partial charge in [-0.05, 0) is 52.0 Å². The van der Waals surface area contributed by atoms with Crippen LogP contribution in [0.25, 0.3) is 0 Å². The highest BCUT2D eigenvalue weighted by Crippen LogP contribution is 2.32. The Morgan fingerprint density at radius 3 is 2.47 bits per heavy atom. The van der Waals surface area contributed by atoms with Crippen LogP contribution in [-0.2, 0) is 4.74 Å². The van der Waals surface area contributed by atoms with E-state index in [1.165, 1.54) is 51.4 Å². The second kappa shape index (κ2) is 6.11. The van der Waals surface area contributed by atoms with Crippen molar-refractivity contribution in [1.82, 2.24) is 10.2 Å². The molecule has 3 aliphatic heterocycles. The van der Waals surface area contributed by atoms with Crippen LogP contribution in [0.3, 0.4) is 0 Å². The summed E-state index contributed by atoms with van der Waals surface area (Å²) in [6, 6.07) is 3.17. The van der Waals surface area contributed by atoms with Gasteiger partial charge in [-0.25, -0.2) is 0 Å². The van der Waals surface area contributed by atoms with Crippen molar-refractivity contribution in [3.63, 3.8) is 0 Å². The van der Waals surface area contributed by atoms with Crippen LogP contribution in [0.5, 0.6) is 0 Å². The SMILES string of the molecule is CCCC1CC(N(C)C2CC3CCC(C2)N3)CCO1. The van der Waals surface area contributed by atoms with Crippen molar-refractivity contribution in [2.75, 3.05) is 13.7 Å². The van der Waals surface area contributed by atoms with Gasteiger partial charge in [-0.3, -0.25) is 0 Å². The minimum absolute atomic E-state index is 0.518. The average Bonchev–Trinajstić information content (AvgIpc) is 2.77. The fourth-order valence-corrected chi connectivity index (χ4v) is 4.41. The Morgan fingerprint density at radius 1 is 1.05 bits per heavy atom. The van der Waals surface area contributed by atoms with Crippen LogP contribution >= 0.6 is 0 Å². The number of ether oxygens (including phenoxy) is 1. The lowest BCUT2D eigenvalue weighted by Crippen LogP contribution is -2.51. The molecule has 3 heterocycles. The molecule has 3 fully saturated rings. The number of rotatable bonds is 4. The standard InChI is InChI=1S/C16H30N2O/c1-3-4-16-11-14(7-8-19-16)18(2)15-9-12-5-6-13(10-15)17-12/h12-17H,3-11H2,1-2H3. The first-order chi connectivity index (χ1) is 9.26. The fourth-order valence-electron chi connectivity index (χ4n) is 4.41. The topological polar surface area (TPSA) is 24.5 Å². The zero-order valence-corrected chi connectivity index (χ0v) is 12.6. The molecule has 3 rings (SSSR count). The third kappa shape index (κ3) is 3.14. The second-order valence-corrected chi connectivity index (χ2v) is 6.89. The van der Waals surface area contributed by atoms with Crippen molar-refractivity contribution >= 4 is 0 Å². The Labute approximate surface area is 118 Å². The summed E-state index contributed by atoms with van der Waals surface area (Å²) < 4.78 is 5.90. The Bertz CT molecular complexity index is 282. The molecular weight excluding hydrogens is 236 g/mol. The zero-order chi connectivity index (χ0) is 13.2. The van der Waals surface area contributed by atoms with Crippen molar-refractivity contribution in [2.24, 2.45) is 0 Å². The Kier molecular flexibility index (Phi) is 4.45. The van der Waals surface area contributed by atoms with E-state index in [2.05, 4.69) is 24.2 Å². The van der Waals surface area contributed by atoms with Gasteiger partial charge in [0.1, 0.15) is 0 Å². The highest BCUT2D eigenvalue weighted by atomic mass is 16.5. The van der Waals surface area contributed by atoms with Gasteiger partial charge in [-0.15, -0.1) is 0 Å². The molecule has 3 nitrogen and oxygen atoms in total. The predicted octanol–water partition coefficient (Wildman–Crippen LogP) is 2.55. The second-order valence-electron chi connectivity index (χ2n) is 6.89. The molecule has 4 atom stereocenters. The van der Waals surface area contributed by atoms with E-state index in [1.807, 2.05) is 0 Å². The van der Waals surface area contributed by atoms with Gasteiger partial charge >= 0.3 is 0 Å². The van der Waals surface area contributed by atoms with Crippen molar-refractivity contribution in [2.45, 2.75) is 88.6 Å². The third-order valence-electron chi connectivity index (χ3n) is 5.55. The molecule has 0 radical (unpaired) electrons. The number of fused-ring (bicyclic) bond motifs is 2. The molecule has 0 aromatic heterocycles. The van der Waals surface area contributed by atoms with Crippen molar-refractivity contribution in [3.05, 3.63) is 0 Å². The number of nitrogens with one attached hydrogen (secondary N) is 1. The van der Waals surface area contributed by atoms with E-state index in [9.17, 15) is 0 Å². The van der Waals surface area contributed by atoms with Crippen molar-refractivity contribution in [1.29, 1.82) is 0 Å². The van der Waals surface area contributed by atoms with Gasteiger partial charge in [-0.2, -0.15) is 0 Å². The highest BCUT2D eigenvalue weighted by Gasteiger charge is 2.37. The summed E-state index contributed by atoms with van der Waals surface area (Å²) in [5.41, 5.74) is 0. The highest BCUT2D eigenvalue weighted by molar-refractivity contribution is 4.96. The molecule has 0 amide bonds. The molecule has 3 aliphatic rings. The first-order valence-electron chi connectivity index (χ1n) is 8.35. The summed E-state index contributed by atoms with van der Waals surface area (Å²) in [5.74, 6) is 0. The quantitative estimate of drug-likeness (QED) is 0.846. The molecule has 3 saturated heterocycles. The molecule has 110 valence electrons. The maximum atomic E-state index is 5.90. The lowest BCUT2D eigenvalue weighted by molar-refractivity contribution is -0.0375. The molecular formula is C16H30N2O. The monoisotopic (exact) mass is 266 g/mol. The first-order valence-corrected chi connectivity index (χ1v) is 8.35. The smallest absolute Gasteiger partial charge is 0.0590 e. The van der Waals surface area contributed by atoms with Gasteiger partial charge in [0.05, 0.1) is 6.10 Å². The molecule has 0 saturated carbocycles. The van der Waals surface area contributed by atoms with E-state index in [-0.39, 0.29) is 0 Å². The van der Waals surface area contributed by atoms with E-state index in [1.54, 1.807) is 0 Å². The van der Waals surface area contributed by atoms with Gasteiger partial charge < -0.3 is 15.0 Å². The fraction of sp³-hybridized carbons (Fsp3) is 1.00. The van der Waals surface area contributed by atoms with Crippen molar-refractivity contribution in [3.8, 4) is 0 Å². The summed E-state index contributed by atoms with van der Waals surface area (Å²) in [5, 5.41) is 3.76. The minimum atomic E-state index is 0.518. The number of hydrogen-bond donors (Lipinski definition) is 1. The first kappa shape index (κ1) is 13.8. The summed E-state index contributed by atoms with van der Waals surface area (Å²) in [7, 11) is 2.37. The Morgan fingerprint density at radius 2 is 1.79 bits per heavy atom. The van der Waals surface area contributed by atoms with Gasteiger partial charge in [-0.1, -0.05) is 13.3 Å². The molecule has 0 aromatic rings. The summed E-state index contributed by atoms with van der Waals surface area (Å²) >= 11 is 0. The largest absolute Gasteiger partial charge is 0.378 e. The maximum absolute atomic E-state index is 5.90. The maximum Gasteiger partial charge on any atom is 0.0590 e. The normalized spacial score (nSPS) is 42.8. The van der Waals surface area contributed by atoms with Crippen LogP contribution in [0.1, 0.15) is 58.3 Å². The van der Waals surface area contributed by atoms with E-state index < -0.39 is 0 Å². The zero-order valence-electron chi connectivity index (χ0n) is 12.6. The summed E-state index contributed by atoms with van der Waals surface area (Å²) in [6.45, 7) is 3.23. The van der Waals surface area contributed by atoms with Crippen LogP contribution in [0.2, 0.25) is 0 Å². The molecule has 19 heavy (non-hydrogen) atoms. The van der Waals surface area contributed by atoms with Gasteiger partial charge in [0.25, 0.3) is 0 Å². The minimum Gasteiger partial charge on any atom is -0.378 e. The van der Waals surface area contributed by atoms with Gasteiger partial charge in [0.15, 0.2) is 0 Å². The third-order valence-corrected chi connectivity index (χ3v) is 5.55. The molecule has 3 heteroatoms. The van der Waals surface area contributed by atoms with Crippen molar-refractivity contribution < 1.29 is 4.74 Å². The average molecular weight is 266 g/mol. The number of piperidine rings is 1. The molecule has 0 aliphatic carbocycles. The van der Waals surface area contributed by atoms with Crippen LogP contribution in [0.15, 0.2) is 0 Å². The molecule has 0 aromatic carbocycles. The van der Waals surface area contributed by atoms with E-state index in [0.29, 0.717) is 6.10 Å². The van der Waals surface area contributed by atoms with E-state index >= 15 is 0 Å². The lowest BCUT2D eigenvalue weighted by Gasteiger charge is -2.42. The lowest BCUT2D eigenvalue weighted by atomic mass is 9.93. The number of nitrogens with zero attached hydrogens (tertiary/aromatic N) is 1. The van der Waals surface area contributed by atoms with Crippen LogP contribution in [0, 0.1) is 0 Å². The van der Waals surface area contributed by atoms with Crippen LogP contribution < -0.4 is 5.32 Å². The van der Waals surface area contributed by atoms with Crippen LogP contribution in [0.4, 0.5) is 0 Å². The summed E-state index contributed by atoms with van der Waals surface area (Å²) in [4.78, 5) is 2.71. The number of hydrogen-bond acceptors (Lipinski definition) is 3.